The molecule has 0 radical (unpaired) electrons. The van der Waals surface area contributed by atoms with E-state index in [-0.39, 0.29) is 5.91 Å². The van der Waals surface area contributed by atoms with E-state index in [4.69, 9.17) is 4.74 Å². The van der Waals surface area contributed by atoms with Crippen LogP contribution in [0.4, 0.5) is 0 Å². The third-order valence-corrected chi connectivity index (χ3v) is 4.61. The lowest BCUT2D eigenvalue weighted by Gasteiger charge is -2.42. The Labute approximate surface area is 130 Å². The van der Waals surface area contributed by atoms with E-state index in [1.165, 1.54) is 12.0 Å². The SMILES string of the molecule is CO[C@@H](C(=O)N(C)C1(C(=O)O)CCCCC1)c1ccccc1. The van der Waals surface area contributed by atoms with Crippen molar-refractivity contribution in [1.29, 1.82) is 0 Å². The first-order valence-electron chi connectivity index (χ1n) is 7.62. The van der Waals surface area contributed by atoms with E-state index in [9.17, 15) is 14.7 Å². The monoisotopic (exact) mass is 305 g/mol. The Bertz CT molecular complexity index is 523. The van der Waals surface area contributed by atoms with Crippen LogP contribution in [-0.4, -0.2) is 41.6 Å². The summed E-state index contributed by atoms with van der Waals surface area (Å²) in [5, 5.41) is 9.70. The number of carbonyl (C=O) groups excluding carboxylic acids is 1. The fourth-order valence-corrected chi connectivity index (χ4v) is 3.22. The number of amides is 1. The predicted molar refractivity (Wildman–Crippen MR) is 82.4 cm³/mol. The Kier molecular flexibility index (Phi) is 5.19. The first-order valence-corrected chi connectivity index (χ1v) is 7.62. The van der Waals surface area contributed by atoms with Gasteiger partial charge in [0.25, 0.3) is 5.91 Å². The van der Waals surface area contributed by atoms with Crippen molar-refractivity contribution in [1.82, 2.24) is 4.90 Å². The number of hydrogen-bond donors (Lipinski definition) is 1. The van der Waals surface area contributed by atoms with Gasteiger partial charge in [0.15, 0.2) is 6.10 Å². The van der Waals surface area contributed by atoms with Crippen LogP contribution in [0.5, 0.6) is 0 Å². The van der Waals surface area contributed by atoms with Gasteiger partial charge in [-0.1, -0.05) is 49.6 Å². The summed E-state index contributed by atoms with van der Waals surface area (Å²) in [6, 6.07) is 9.16. The van der Waals surface area contributed by atoms with Crippen LogP contribution in [0, 0.1) is 0 Å². The van der Waals surface area contributed by atoms with E-state index < -0.39 is 17.6 Å². The zero-order valence-electron chi connectivity index (χ0n) is 13.1. The molecule has 0 aliphatic heterocycles. The zero-order chi connectivity index (χ0) is 16.2. The van der Waals surface area contributed by atoms with Gasteiger partial charge in [-0.3, -0.25) is 4.79 Å². The number of hydrogen-bond acceptors (Lipinski definition) is 3. The van der Waals surface area contributed by atoms with Gasteiger partial charge in [0.1, 0.15) is 5.54 Å². The number of carbonyl (C=O) groups is 2. The molecule has 0 unspecified atom stereocenters. The fraction of sp³-hybridized carbons (Fsp3) is 0.529. The molecule has 1 saturated carbocycles. The molecule has 0 bridgehead atoms. The summed E-state index contributed by atoms with van der Waals surface area (Å²) < 4.78 is 5.35. The number of likely N-dealkylation sites (N-methyl/N-ethyl adjacent to an activating group) is 1. The molecule has 1 aliphatic carbocycles. The largest absolute Gasteiger partial charge is 0.479 e. The van der Waals surface area contributed by atoms with Crippen molar-refractivity contribution in [3.05, 3.63) is 35.9 Å². The van der Waals surface area contributed by atoms with Crippen LogP contribution in [0.1, 0.15) is 43.8 Å². The van der Waals surface area contributed by atoms with Crippen molar-refractivity contribution in [3.8, 4) is 0 Å². The molecule has 2 rings (SSSR count). The molecule has 1 atom stereocenters. The maximum Gasteiger partial charge on any atom is 0.329 e. The van der Waals surface area contributed by atoms with Crippen LogP contribution >= 0.6 is 0 Å². The molecule has 0 heterocycles. The van der Waals surface area contributed by atoms with Crippen molar-refractivity contribution in [2.75, 3.05) is 14.2 Å². The van der Waals surface area contributed by atoms with E-state index in [2.05, 4.69) is 0 Å². The van der Waals surface area contributed by atoms with E-state index in [1.54, 1.807) is 7.05 Å². The number of rotatable bonds is 5. The van der Waals surface area contributed by atoms with Gasteiger partial charge in [0.2, 0.25) is 0 Å². The minimum atomic E-state index is -1.11. The summed E-state index contributed by atoms with van der Waals surface area (Å²) in [6.45, 7) is 0. The third kappa shape index (κ3) is 2.99. The predicted octanol–water partition coefficient (Wildman–Crippen LogP) is 2.62. The maximum atomic E-state index is 12.8. The van der Waals surface area contributed by atoms with Gasteiger partial charge in [0, 0.05) is 14.2 Å². The average Bonchev–Trinajstić information content (AvgIpc) is 2.56. The van der Waals surface area contributed by atoms with Gasteiger partial charge in [-0.2, -0.15) is 0 Å². The highest BCUT2D eigenvalue weighted by molar-refractivity contribution is 5.89. The Balaban J connectivity index is 2.27. The molecule has 22 heavy (non-hydrogen) atoms. The summed E-state index contributed by atoms with van der Waals surface area (Å²) in [4.78, 5) is 26.0. The van der Waals surface area contributed by atoms with Crippen molar-refractivity contribution < 1.29 is 19.4 Å². The summed E-state index contributed by atoms with van der Waals surface area (Å²) in [5.41, 5.74) is -0.376. The fourth-order valence-electron chi connectivity index (χ4n) is 3.22. The first-order chi connectivity index (χ1) is 10.5. The lowest BCUT2D eigenvalue weighted by atomic mass is 9.80. The average molecular weight is 305 g/mol. The standard InChI is InChI=1S/C17H23NO4/c1-18(17(16(20)21)11-7-4-8-12-17)15(19)14(22-2)13-9-5-3-6-10-13/h3,5-6,9-10,14H,4,7-8,11-12H2,1-2H3,(H,20,21)/t14-/m1/s1. The van der Waals surface area contributed by atoms with Gasteiger partial charge in [0.05, 0.1) is 0 Å². The Hall–Kier alpha value is -1.88. The molecular weight excluding hydrogens is 282 g/mol. The Morgan fingerprint density at radius 3 is 2.27 bits per heavy atom. The lowest BCUT2D eigenvalue weighted by molar-refractivity contribution is -0.165. The quantitative estimate of drug-likeness (QED) is 0.908. The van der Waals surface area contributed by atoms with Gasteiger partial charge >= 0.3 is 5.97 Å². The van der Waals surface area contributed by atoms with E-state index in [0.717, 1.165) is 24.8 Å². The molecule has 0 saturated heterocycles. The lowest BCUT2D eigenvalue weighted by Crippen LogP contribution is -2.57. The highest BCUT2D eigenvalue weighted by Gasteiger charge is 2.46. The molecule has 5 nitrogen and oxygen atoms in total. The number of methoxy groups -OCH3 is 1. The second-order valence-corrected chi connectivity index (χ2v) is 5.82. The van der Waals surface area contributed by atoms with Crippen LogP contribution in [0.15, 0.2) is 30.3 Å². The minimum absolute atomic E-state index is 0.307. The second-order valence-electron chi connectivity index (χ2n) is 5.82. The number of carboxylic acids is 1. The number of carboxylic acid groups (broad SMARTS) is 1. The molecule has 5 heteroatoms. The summed E-state index contributed by atoms with van der Waals surface area (Å²) in [6.07, 6.45) is 2.89. The normalized spacial score (nSPS) is 18.5. The first kappa shape index (κ1) is 16.5. The molecule has 1 fully saturated rings. The molecule has 1 aromatic rings. The molecule has 1 amide bonds. The molecule has 1 aliphatic rings. The van der Waals surface area contributed by atoms with E-state index in [0.29, 0.717) is 12.8 Å². The number of benzene rings is 1. The topological polar surface area (TPSA) is 66.8 Å². The summed E-state index contributed by atoms with van der Waals surface area (Å²) >= 11 is 0. The van der Waals surface area contributed by atoms with Crippen LogP contribution in [0.2, 0.25) is 0 Å². The van der Waals surface area contributed by atoms with Gasteiger partial charge in [-0.25, -0.2) is 4.79 Å². The third-order valence-electron chi connectivity index (χ3n) is 4.61. The highest BCUT2D eigenvalue weighted by atomic mass is 16.5. The Morgan fingerprint density at radius 1 is 1.18 bits per heavy atom. The molecule has 120 valence electrons. The molecule has 1 N–H and O–H groups in total. The van der Waals surface area contributed by atoms with Crippen LogP contribution in [-0.2, 0) is 14.3 Å². The number of aliphatic carboxylic acids is 1. The molecule has 1 aromatic carbocycles. The van der Waals surface area contributed by atoms with Crippen molar-refractivity contribution in [3.63, 3.8) is 0 Å². The molecular formula is C17H23NO4. The van der Waals surface area contributed by atoms with Crippen molar-refractivity contribution >= 4 is 11.9 Å². The van der Waals surface area contributed by atoms with Gasteiger partial charge in [-0.05, 0) is 18.4 Å². The zero-order valence-corrected chi connectivity index (χ0v) is 13.1. The van der Waals surface area contributed by atoms with Gasteiger partial charge < -0.3 is 14.7 Å². The minimum Gasteiger partial charge on any atom is -0.479 e. The second kappa shape index (κ2) is 6.92. The van der Waals surface area contributed by atoms with Crippen molar-refractivity contribution in [2.24, 2.45) is 0 Å². The maximum absolute atomic E-state index is 12.8. The number of ether oxygens (including phenoxy) is 1. The molecule has 0 aromatic heterocycles. The summed E-state index contributed by atoms with van der Waals surface area (Å²) in [7, 11) is 3.05. The van der Waals surface area contributed by atoms with Gasteiger partial charge in [-0.15, -0.1) is 0 Å². The smallest absolute Gasteiger partial charge is 0.329 e. The Morgan fingerprint density at radius 2 is 1.77 bits per heavy atom. The van der Waals surface area contributed by atoms with E-state index >= 15 is 0 Å². The highest BCUT2D eigenvalue weighted by Crippen LogP contribution is 2.35. The summed E-state index contributed by atoms with van der Waals surface area (Å²) in [5.74, 6) is -1.23. The van der Waals surface area contributed by atoms with Crippen LogP contribution < -0.4 is 0 Å². The van der Waals surface area contributed by atoms with Crippen molar-refractivity contribution in [2.45, 2.75) is 43.7 Å². The van der Waals surface area contributed by atoms with Crippen LogP contribution in [0.3, 0.4) is 0 Å². The van der Waals surface area contributed by atoms with Crippen LogP contribution in [0.25, 0.3) is 0 Å². The number of nitrogens with zero attached hydrogens (tertiary/aromatic N) is 1. The van der Waals surface area contributed by atoms with E-state index in [1.807, 2.05) is 30.3 Å². The molecule has 0 spiro atoms.